The maximum absolute atomic E-state index is 14.9. The molecule has 678 valence electrons. The van der Waals surface area contributed by atoms with Crippen LogP contribution in [0.25, 0.3) is 0 Å². The molecule has 0 saturated carbocycles. The van der Waals surface area contributed by atoms with Gasteiger partial charge in [0.1, 0.15) is 30.5 Å². The van der Waals surface area contributed by atoms with E-state index < -0.39 is 87.6 Å². The predicted octanol–water partition coefficient (Wildman–Crippen LogP) is 24.8. The summed E-state index contributed by atoms with van der Waals surface area (Å²) in [6, 6.07) is -1.90. The summed E-state index contributed by atoms with van der Waals surface area (Å²) in [6.45, 7) is 12.1. The number of phosphoric ester groups is 1. The first kappa shape index (κ1) is 108. The van der Waals surface area contributed by atoms with E-state index in [0.29, 0.717) is 64.5 Å². The van der Waals surface area contributed by atoms with Gasteiger partial charge in [-0.25, -0.2) is 4.57 Å². The summed E-state index contributed by atoms with van der Waals surface area (Å²) in [5.74, 6) is -2.31. The second kappa shape index (κ2) is 77.3. The lowest BCUT2D eigenvalue weighted by Crippen LogP contribution is -2.66. The van der Waals surface area contributed by atoms with Crippen LogP contribution in [0, 0.1) is 0 Å². The summed E-state index contributed by atoms with van der Waals surface area (Å²) < 4.78 is 56.0. The number of carbonyl (C=O) groups is 5. The summed E-state index contributed by atoms with van der Waals surface area (Å²) in [7, 11) is -5.45. The quantitative estimate of drug-likeness (QED) is 0.0164. The molecular formula is C95H181N2O17P. The molecule has 0 unspecified atom stereocenters. The monoisotopic (exact) mass is 1650 g/mol. The number of aliphatic hydroxyl groups excluding tert-OH is 2. The van der Waals surface area contributed by atoms with Crippen molar-refractivity contribution in [2.24, 2.45) is 0 Å². The molecule has 2 fully saturated rings. The fourth-order valence-electron chi connectivity index (χ4n) is 16.7. The lowest BCUT2D eigenvalue weighted by atomic mass is 9.95. The predicted molar refractivity (Wildman–Crippen MR) is 469 cm³/mol. The lowest BCUT2D eigenvalue weighted by molar-refractivity contribution is -0.273. The molecule has 0 radical (unpaired) electrons. The van der Waals surface area contributed by atoms with Gasteiger partial charge in [0.15, 0.2) is 12.4 Å². The average molecular weight is 1650 g/mol. The molecule has 0 spiro atoms. The first-order valence-electron chi connectivity index (χ1n) is 49.1. The first-order valence-corrected chi connectivity index (χ1v) is 50.7. The summed E-state index contributed by atoms with van der Waals surface area (Å²) in [5.41, 5.74) is 0. The van der Waals surface area contributed by atoms with Crippen LogP contribution in [0.4, 0.5) is 0 Å². The summed E-state index contributed by atoms with van der Waals surface area (Å²) in [5, 5.41) is 24.4. The minimum atomic E-state index is -5.45. The molecule has 19 nitrogen and oxygen atoms in total. The highest BCUT2D eigenvalue weighted by molar-refractivity contribution is 7.46. The normalized spacial score (nSPS) is 17.9. The van der Waals surface area contributed by atoms with Crippen molar-refractivity contribution in [2.75, 3.05) is 33.0 Å². The summed E-state index contributed by atoms with van der Waals surface area (Å²) in [4.78, 5) is 94.3. The third-order valence-corrected chi connectivity index (χ3v) is 24.4. The van der Waals surface area contributed by atoms with Crippen molar-refractivity contribution in [3.8, 4) is 0 Å². The molecule has 0 aromatic heterocycles. The Morgan fingerprint density at radius 1 is 0.426 bits per heavy atom. The zero-order chi connectivity index (χ0) is 83.6. The van der Waals surface area contributed by atoms with Crippen LogP contribution in [-0.2, 0) is 61.5 Å². The van der Waals surface area contributed by atoms with Gasteiger partial charge in [-0.3, -0.25) is 28.5 Å². The summed E-state index contributed by atoms with van der Waals surface area (Å²) >= 11 is 0. The molecule has 0 aromatic carbocycles. The van der Waals surface area contributed by atoms with Crippen LogP contribution >= 0.6 is 7.82 Å². The molecule has 2 aliphatic rings. The second-order valence-corrected chi connectivity index (χ2v) is 36.0. The maximum Gasteiger partial charge on any atom is 0.470 e. The van der Waals surface area contributed by atoms with E-state index in [1.54, 1.807) is 0 Å². The van der Waals surface area contributed by atoms with Gasteiger partial charge in [0.2, 0.25) is 11.8 Å². The number of nitrogens with zero attached hydrogens (tertiary/aromatic N) is 1. The number of phosphoric acid groups is 1. The van der Waals surface area contributed by atoms with Gasteiger partial charge in [0.25, 0.3) is 0 Å². The second-order valence-electron chi connectivity index (χ2n) is 34.8. The first-order chi connectivity index (χ1) is 56.1. The van der Waals surface area contributed by atoms with Gasteiger partial charge in [-0.2, -0.15) is 0 Å². The number of carbonyl (C=O) groups excluding carboxylic acids is 5. The third-order valence-electron chi connectivity index (χ3n) is 23.9. The van der Waals surface area contributed by atoms with Crippen LogP contribution in [0.3, 0.4) is 0 Å². The Kier molecular flexibility index (Phi) is 72.8. The molecular weight excluding hydrogens is 1470 g/mol. The van der Waals surface area contributed by atoms with E-state index in [0.717, 1.165) is 161 Å². The molecule has 0 aromatic rings. The van der Waals surface area contributed by atoms with Crippen molar-refractivity contribution < 1.29 is 81.5 Å². The van der Waals surface area contributed by atoms with Gasteiger partial charge < -0.3 is 58.6 Å². The molecule has 9 atom stereocenters. The van der Waals surface area contributed by atoms with Gasteiger partial charge in [-0.05, 0) is 77.0 Å². The van der Waals surface area contributed by atoms with Crippen molar-refractivity contribution in [3.63, 3.8) is 0 Å². The molecule has 0 bridgehead atoms. The maximum atomic E-state index is 14.9. The molecule has 2 aliphatic heterocycles. The van der Waals surface area contributed by atoms with E-state index in [9.17, 15) is 48.5 Å². The molecule has 2 rings (SSSR count). The van der Waals surface area contributed by atoms with E-state index in [1.807, 2.05) is 4.90 Å². The number of hydrogen-bond acceptors (Lipinski definition) is 15. The molecule has 115 heavy (non-hydrogen) atoms. The SMILES string of the molecule is CCCCCCCCCCCCCC(=O)O[C@H](CCCCCCCCCCC)CC(=O)N[C@H]1[C@H](OC[C@@H]2CCCN2C(=O)CCCCCCCCCCCCCOCC[C@H](O)CCCCCCCCCCC)O[C@H](CO)[C@@H](OP(=O)(O)O)[C@@H]1OC(=O)C[C@@H](CCCCCCCCCCC)OC(=O)CCCCCCCCCCCCC. The number of rotatable bonds is 85. The number of unbranched alkanes of at least 4 members (excludes halogenated alkanes) is 54. The van der Waals surface area contributed by atoms with Crippen LogP contribution in [0.2, 0.25) is 0 Å². The van der Waals surface area contributed by atoms with E-state index in [-0.39, 0.29) is 43.8 Å². The van der Waals surface area contributed by atoms with Gasteiger partial charge in [-0.15, -0.1) is 0 Å². The zero-order valence-corrected chi connectivity index (χ0v) is 75.8. The van der Waals surface area contributed by atoms with Crippen molar-refractivity contribution in [1.29, 1.82) is 0 Å². The molecule has 0 aliphatic carbocycles. The van der Waals surface area contributed by atoms with E-state index >= 15 is 0 Å². The van der Waals surface area contributed by atoms with E-state index in [2.05, 4.69) is 39.9 Å². The van der Waals surface area contributed by atoms with Crippen LogP contribution < -0.4 is 5.32 Å². The average Bonchev–Trinajstić information content (AvgIpc) is 0.837. The Balaban J connectivity index is 2.29. The largest absolute Gasteiger partial charge is 0.470 e. The summed E-state index contributed by atoms with van der Waals surface area (Å²) in [6.07, 6.45) is 63.0. The minimum Gasteiger partial charge on any atom is -0.462 e. The number of esters is 3. The van der Waals surface area contributed by atoms with Gasteiger partial charge in [0, 0.05) is 39.0 Å². The number of ether oxygens (including phenoxy) is 6. The van der Waals surface area contributed by atoms with Crippen molar-refractivity contribution >= 4 is 37.5 Å². The smallest absolute Gasteiger partial charge is 0.462 e. The molecule has 2 amide bonds. The van der Waals surface area contributed by atoms with Crippen LogP contribution in [-0.4, -0.2) is 143 Å². The zero-order valence-electron chi connectivity index (χ0n) is 74.9. The lowest BCUT2D eigenvalue weighted by Gasteiger charge is -2.45. The van der Waals surface area contributed by atoms with Gasteiger partial charge in [-0.1, -0.05) is 381 Å². The standard InChI is InChI=1S/C95H181N2O17P/c1-6-11-16-21-26-31-34-42-49-56-63-72-89(102)110-84(69-60-53-46-39-29-24-19-14-9-4)78-87(100)96-92-94(113-91(104)79-85(70-61-54-47-40-30-25-20-15-10-5)111-90(103)73-64-57-50-43-35-32-27-22-17-12-7-2)93(114-115(105,106)107)86(80-98)112-95(92)109-81-82-67-66-75-97(82)88(101)71-62-55-48-41-36-33-37-44-51-58-65-76-108-77-74-83(99)68-59-52-45-38-28-23-18-13-8-3/h82-86,92-95,98-99H,6-81H2,1-5H3,(H,96,100)(H2,105,106,107)/t82-,83+,84+,85+,86+,92+,93+,94+,95+/m0/s1. The highest BCUT2D eigenvalue weighted by atomic mass is 31.2. The Hall–Kier alpha value is -2.74. The van der Waals surface area contributed by atoms with Crippen molar-refractivity contribution in [1.82, 2.24) is 10.2 Å². The number of amides is 2. The Labute approximate surface area is 704 Å². The van der Waals surface area contributed by atoms with Gasteiger partial charge in [0.05, 0.1) is 38.2 Å². The molecule has 20 heteroatoms. The topological polar surface area (TPSA) is 263 Å². The highest BCUT2D eigenvalue weighted by Gasteiger charge is 2.53. The number of aliphatic hydroxyl groups is 2. The fraction of sp³-hybridized carbons (Fsp3) is 0.947. The Morgan fingerprint density at radius 3 is 1.17 bits per heavy atom. The Morgan fingerprint density at radius 2 is 0.783 bits per heavy atom. The number of nitrogens with one attached hydrogen (secondary N) is 1. The fourth-order valence-corrected chi connectivity index (χ4v) is 17.2. The van der Waals surface area contributed by atoms with Crippen LogP contribution in [0.15, 0.2) is 0 Å². The Bertz CT molecular complexity index is 2300. The van der Waals surface area contributed by atoms with Crippen LogP contribution in [0.1, 0.15) is 490 Å². The van der Waals surface area contributed by atoms with Gasteiger partial charge >= 0.3 is 25.7 Å². The van der Waals surface area contributed by atoms with E-state index in [1.165, 1.54) is 225 Å². The molecule has 2 heterocycles. The van der Waals surface area contributed by atoms with Crippen molar-refractivity contribution in [3.05, 3.63) is 0 Å². The van der Waals surface area contributed by atoms with Crippen molar-refractivity contribution in [2.45, 2.75) is 545 Å². The molecule has 5 N–H and O–H groups in total. The molecule has 2 saturated heterocycles. The minimum absolute atomic E-state index is 0.00975. The number of likely N-dealkylation sites (tertiary alicyclic amines) is 1. The van der Waals surface area contributed by atoms with Crippen LogP contribution in [0.5, 0.6) is 0 Å². The number of hydrogen-bond donors (Lipinski definition) is 5. The highest BCUT2D eigenvalue weighted by Crippen LogP contribution is 2.43. The van der Waals surface area contributed by atoms with E-state index in [4.69, 9.17) is 32.9 Å². The third kappa shape index (κ3) is 62.9.